The van der Waals surface area contributed by atoms with E-state index in [1.165, 1.54) is 28.8 Å². The van der Waals surface area contributed by atoms with Gasteiger partial charge in [0, 0.05) is 13.0 Å². The predicted octanol–water partition coefficient (Wildman–Crippen LogP) is -0.533. The number of amides is 5. The molecule has 2 rings (SSSR count). The summed E-state index contributed by atoms with van der Waals surface area (Å²) in [6, 6.07) is 0.623. The standard InChI is InChI=1S/C29H44N6O8S/c1-4-16(2)24(31)27(40)33-20(14-17-7-9-18(36)10-8-17)28(41)35-12-5-6-22(35)26(39)32-19(11-13-44-3)25(38)34-21(29(42)43)15-23(30)37/h7-10,16,19-22,24,36H,4-6,11-15,31H2,1-3H3,(H2,30,37)(H,32,39)(H,33,40)(H,34,38)(H,42,43)/t16-,19-,20-,21-,22-,24-/m0/s1. The number of nitrogens with one attached hydrogen (secondary N) is 3. The fraction of sp³-hybridized carbons (Fsp3) is 0.586. The summed E-state index contributed by atoms with van der Waals surface area (Å²) in [5.74, 6) is -4.42. The number of aliphatic carboxylic acids is 1. The molecule has 0 unspecified atom stereocenters. The molecule has 5 amide bonds. The Morgan fingerprint density at radius 1 is 1.02 bits per heavy atom. The molecule has 1 aromatic carbocycles. The molecule has 1 fully saturated rings. The van der Waals surface area contributed by atoms with E-state index in [-0.39, 0.29) is 31.1 Å². The first-order valence-corrected chi connectivity index (χ1v) is 15.9. The molecule has 1 heterocycles. The van der Waals surface area contributed by atoms with Gasteiger partial charge in [-0.15, -0.1) is 0 Å². The van der Waals surface area contributed by atoms with Crippen LogP contribution in [0.25, 0.3) is 0 Å². The lowest BCUT2D eigenvalue weighted by Crippen LogP contribution is -2.59. The Bertz CT molecular complexity index is 1180. The number of carboxylic acid groups (broad SMARTS) is 1. The van der Waals surface area contributed by atoms with Crippen LogP contribution in [-0.4, -0.2) is 99.4 Å². The van der Waals surface area contributed by atoms with E-state index in [2.05, 4.69) is 16.0 Å². The first-order chi connectivity index (χ1) is 20.8. The fourth-order valence-corrected chi connectivity index (χ4v) is 5.27. The van der Waals surface area contributed by atoms with Gasteiger partial charge >= 0.3 is 5.97 Å². The van der Waals surface area contributed by atoms with Crippen LogP contribution in [0, 0.1) is 5.92 Å². The molecule has 0 bridgehead atoms. The van der Waals surface area contributed by atoms with Crippen molar-refractivity contribution in [1.29, 1.82) is 0 Å². The van der Waals surface area contributed by atoms with E-state index in [4.69, 9.17) is 11.5 Å². The van der Waals surface area contributed by atoms with E-state index in [0.717, 1.165) is 0 Å². The topological polar surface area (TPSA) is 234 Å². The second kappa shape index (κ2) is 17.4. The minimum atomic E-state index is -1.57. The highest BCUT2D eigenvalue weighted by molar-refractivity contribution is 7.98. The second-order valence-corrected chi connectivity index (χ2v) is 11.9. The molecule has 0 aliphatic carbocycles. The highest BCUT2D eigenvalue weighted by Gasteiger charge is 2.39. The van der Waals surface area contributed by atoms with Crippen molar-refractivity contribution in [3.63, 3.8) is 0 Å². The summed E-state index contributed by atoms with van der Waals surface area (Å²) in [5, 5.41) is 26.7. The average Bonchev–Trinajstić information content (AvgIpc) is 3.48. The lowest BCUT2D eigenvalue weighted by atomic mass is 9.98. The number of carbonyl (C=O) groups is 6. The maximum absolute atomic E-state index is 13.9. The van der Waals surface area contributed by atoms with Gasteiger partial charge in [0.15, 0.2) is 0 Å². The molecule has 6 atom stereocenters. The lowest BCUT2D eigenvalue weighted by Gasteiger charge is -2.31. The van der Waals surface area contributed by atoms with Gasteiger partial charge in [0.25, 0.3) is 0 Å². The van der Waals surface area contributed by atoms with Crippen LogP contribution >= 0.6 is 11.8 Å². The number of phenolic OH excluding ortho intramolecular Hbond substituents is 1. The molecule has 0 radical (unpaired) electrons. The number of nitrogens with two attached hydrogens (primary N) is 2. The molecule has 9 N–H and O–H groups in total. The molecule has 14 nitrogen and oxygen atoms in total. The van der Waals surface area contributed by atoms with E-state index in [9.17, 15) is 39.0 Å². The number of thioether (sulfide) groups is 1. The van der Waals surface area contributed by atoms with Gasteiger partial charge in [-0.3, -0.25) is 24.0 Å². The van der Waals surface area contributed by atoms with Gasteiger partial charge in [-0.1, -0.05) is 32.4 Å². The van der Waals surface area contributed by atoms with Crippen molar-refractivity contribution in [1.82, 2.24) is 20.9 Å². The molecule has 44 heavy (non-hydrogen) atoms. The smallest absolute Gasteiger partial charge is 0.326 e. The van der Waals surface area contributed by atoms with E-state index in [1.807, 2.05) is 13.8 Å². The molecular formula is C29H44N6O8S. The van der Waals surface area contributed by atoms with Gasteiger partial charge < -0.3 is 42.5 Å². The molecule has 1 saturated heterocycles. The van der Waals surface area contributed by atoms with Crippen LogP contribution in [0.15, 0.2) is 24.3 Å². The highest BCUT2D eigenvalue weighted by atomic mass is 32.2. The number of carboxylic acids is 1. The zero-order chi connectivity index (χ0) is 33.0. The first kappa shape index (κ1) is 36.3. The third-order valence-electron chi connectivity index (χ3n) is 7.65. The molecule has 0 spiro atoms. The van der Waals surface area contributed by atoms with Crippen molar-refractivity contribution in [2.45, 2.75) is 82.6 Å². The van der Waals surface area contributed by atoms with Gasteiger partial charge in [-0.25, -0.2) is 4.79 Å². The Kier molecular flexibility index (Phi) is 14.4. The molecular weight excluding hydrogens is 592 g/mol. The van der Waals surface area contributed by atoms with Crippen molar-refractivity contribution in [2.24, 2.45) is 17.4 Å². The van der Waals surface area contributed by atoms with Gasteiger partial charge in [0.1, 0.15) is 29.9 Å². The Hall–Kier alpha value is -3.85. The normalized spacial score (nSPS) is 17.9. The monoisotopic (exact) mass is 636 g/mol. The van der Waals surface area contributed by atoms with E-state index < -0.39 is 72.1 Å². The van der Waals surface area contributed by atoms with Crippen molar-refractivity contribution >= 4 is 47.3 Å². The Morgan fingerprint density at radius 2 is 1.66 bits per heavy atom. The van der Waals surface area contributed by atoms with Crippen molar-refractivity contribution < 1.29 is 39.0 Å². The molecule has 0 saturated carbocycles. The first-order valence-electron chi connectivity index (χ1n) is 14.5. The largest absolute Gasteiger partial charge is 0.508 e. The summed E-state index contributed by atoms with van der Waals surface area (Å²) in [6.07, 6.45) is 2.88. The average molecular weight is 637 g/mol. The van der Waals surface area contributed by atoms with Crippen LogP contribution in [-0.2, 0) is 35.2 Å². The minimum Gasteiger partial charge on any atom is -0.508 e. The summed E-state index contributed by atoms with van der Waals surface area (Å²) in [5.41, 5.74) is 11.9. The quantitative estimate of drug-likeness (QED) is 0.115. The summed E-state index contributed by atoms with van der Waals surface area (Å²) in [6.45, 7) is 3.96. The van der Waals surface area contributed by atoms with Crippen LogP contribution in [0.2, 0.25) is 0 Å². The van der Waals surface area contributed by atoms with Gasteiger partial charge in [0.05, 0.1) is 12.5 Å². The zero-order valence-electron chi connectivity index (χ0n) is 25.3. The Labute approximate surface area is 261 Å². The third-order valence-corrected chi connectivity index (χ3v) is 8.30. The second-order valence-electron chi connectivity index (χ2n) is 10.9. The number of carbonyl (C=O) groups excluding carboxylic acids is 5. The zero-order valence-corrected chi connectivity index (χ0v) is 26.1. The number of primary amides is 1. The number of phenols is 1. The predicted molar refractivity (Wildman–Crippen MR) is 164 cm³/mol. The minimum absolute atomic E-state index is 0.0418. The third kappa shape index (κ3) is 10.7. The maximum atomic E-state index is 13.9. The fourth-order valence-electron chi connectivity index (χ4n) is 4.80. The number of aromatic hydroxyl groups is 1. The maximum Gasteiger partial charge on any atom is 0.326 e. The number of hydrogen-bond donors (Lipinski definition) is 7. The summed E-state index contributed by atoms with van der Waals surface area (Å²) in [7, 11) is 0. The van der Waals surface area contributed by atoms with Crippen LogP contribution in [0.4, 0.5) is 0 Å². The highest BCUT2D eigenvalue weighted by Crippen LogP contribution is 2.21. The van der Waals surface area contributed by atoms with Crippen molar-refractivity contribution in [3.8, 4) is 5.75 Å². The summed E-state index contributed by atoms with van der Waals surface area (Å²) >= 11 is 1.41. The van der Waals surface area contributed by atoms with E-state index >= 15 is 0 Å². The van der Waals surface area contributed by atoms with Crippen molar-refractivity contribution in [3.05, 3.63) is 29.8 Å². The lowest BCUT2D eigenvalue weighted by molar-refractivity contribution is -0.144. The molecule has 1 aliphatic heterocycles. The molecule has 1 aromatic rings. The SMILES string of the molecule is CC[C@H](C)[C@H](N)C(=O)N[C@@H](Cc1ccc(O)cc1)C(=O)N1CCC[C@H]1C(=O)N[C@@H](CCSC)C(=O)N[C@@H](CC(N)=O)C(=O)O. The Morgan fingerprint density at radius 3 is 2.23 bits per heavy atom. The number of likely N-dealkylation sites (tertiary alicyclic amines) is 1. The number of rotatable bonds is 17. The number of hydrogen-bond acceptors (Lipinski definition) is 9. The van der Waals surface area contributed by atoms with E-state index in [1.54, 1.807) is 18.4 Å². The van der Waals surface area contributed by atoms with Gasteiger partial charge in [-0.05, 0) is 54.9 Å². The Balaban J connectivity index is 2.26. The van der Waals surface area contributed by atoms with Crippen molar-refractivity contribution in [2.75, 3.05) is 18.6 Å². The number of nitrogens with zero attached hydrogens (tertiary/aromatic N) is 1. The van der Waals surface area contributed by atoms with Crippen LogP contribution < -0.4 is 27.4 Å². The summed E-state index contributed by atoms with van der Waals surface area (Å²) < 4.78 is 0. The van der Waals surface area contributed by atoms with E-state index in [0.29, 0.717) is 30.6 Å². The van der Waals surface area contributed by atoms with Gasteiger partial charge in [0.2, 0.25) is 29.5 Å². The van der Waals surface area contributed by atoms with Gasteiger partial charge in [-0.2, -0.15) is 11.8 Å². The molecule has 1 aliphatic rings. The number of benzene rings is 1. The van der Waals surface area contributed by atoms with Crippen LogP contribution in [0.3, 0.4) is 0 Å². The molecule has 15 heteroatoms. The summed E-state index contributed by atoms with van der Waals surface area (Å²) in [4.78, 5) is 77.6. The van der Waals surface area contributed by atoms with Crippen LogP contribution in [0.1, 0.15) is 51.5 Å². The molecule has 0 aromatic heterocycles. The van der Waals surface area contributed by atoms with Crippen LogP contribution in [0.5, 0.6) is 5.75 Å². The molecule has 244 valence electrons.